The normalized spacial score (nSPS) is 11.6. The minimum absolute atomic E-state index is 0.00718. The molecule has 0 aromatic heterocycles. The van der Waals surface area contributed by atoms with Gasteiger partial charge in [-0.25, -0.2) is 0 Å². The zero-order valence-electron chi connectivity index (χ0n) is 14.6. The van der Waals surface area contributed by atoms with Crippen LogP contribution in [0.2, 0.25) is 0 Å². The lowest BCUT2D eigenvalue weighted by atomic mass is 10.0. The Morgan fingerprint density at radius 3 is 2.15 bits per heavy atom. The van der Waals surface area contributed by atoms with Gasteiger partial charge in [0.25, 0.3) is 0 Å². The zero-order valence-corrected chi connectivity index (χ0v) is 14.6. The molecule has 0 amide bonds. The predicted octanol–water partition coefficient (Wildman–Crippen LogP) is 5.42. The lowest BCUT2D eigenvalue weighted by molar-refractivity contribution is -0.137. The monoisotopic (exact) mass is 347 g/mol. The molecule has 26 heavy (non-hydrogen) atoms. The van der Waals surface area contributed by atoms with E-state index in [0.29, 0.717) is 5.75 Å². The molecule has 0 aliphatic rings. The van der Waals surface area contributed by atoms with E-state index in [-0.39, 0.29) is 12.5 Å². The molecular weight excluding hydrogens is 326 g/mol. The maximum Gasteiger partial charge on any atom is 0.305 e. The molecule has 1 atom stereocenters. The number of ether oxygens (including phenoxy) is 1. The van der Waals surface area contributed by atoms with E-state index >= 15 is 0 Å². The number of aliphatic carboxylic acids is 1. The SMILES string of the molecule is Cc1ccc(NC(CC(=O)O)c2ccc(Oc3ccccc3)cc2)cc1. The molecular formula is C22H21NO3. The minimum atomic E-state index is -0.848. The standard InChI is InChI=1S/C22H21NO3/c1-16-7-11-18(12-8-16)23-21(15-22(24)25)17-9-13-20(14-10-17)26-19-5-3-2-4-6-19/h2-14,21,23H,15H2,1H3,(H,24,25). The van der Waals surface area contributed by atoms with E-state index in [4.69, 9.17) is 4.74 Å². The molecule has 4 heteroatoms. The highest BCUT2D eigenvalue weighted by atomic mass is 16.5. The molecule has 132 valence electrons. The van der Waals surface area contributed by atoms with E-state index < -0.39 is 5.97 Å². The van der Waals surface area contributed by atoms with E-state index in [1.807, 2.05) is 85.8 Å². The summed E-state index contributed by atoms with van der Waals surface area (Å²) in [6, 6.07) is 24.6. The molecule has 2 N–H and O–H groups in total. The minimum Gasteiger partial charge on any atom is -0.481 e. The first kappa shape index (κ1) is 17.5. The van der Waals surface area contributed by atoms with Crippen molar-refractivity contribution in [2.24, 2.45) is 0 Å². The van der Waals surface area contributed by atoms with Crippen molar-refractivity contribution in [1.82, 2.24) is 0 Å². The maximum atomic E-state index is 11.3. The first-order valence-corrected chi connectivity index (χ1v) is 8.48. The van der Waals surface area contributed by atoms with Gasteiger partial charge in [0.1, 0.15) is 11.5 Å². The average Bonchev–Trinajstić information content (AvgIpc) is 2.64. The summed E-state index contributed by atoms with van der Waals surface area (Å²) in [6.07, 6.45) is -0.00718. The molecule has 3 rings (SSSR count). The Balaban J connectivity index is 1.75. The molecule has 0 aliphatic carbocycles. The van der Waals surface area contributed by atoms with Gasteiger partial charge in [-0.3, -0.25) is 4.79 Å². The van der Waals surface area contributed by atoms with Crippen LogP contribution in [0.15, 0.2) is 78.9 Å². The van der Waals surface area contributed by atoms with Crippen LogP contribution >= 0.6 is 0 Å². The van der Waals surface area contributed by atoms with Crippen molar-refractivity contribution in [3.63, 3.8) is 0 Å². The van der Waals surface area contributed by atoms with Crippen LogP contribution in [0.25, 0.3) is 0 Å². The van der Waals surface area contributed by atoms with Gasteiger partial charge in [-0.2, -0.15) is 0 Å². The Hall–Kier alpha value is -3.27. The fourth-order valence-electron chi connectivity index (χ4n) is 2.67. The Bertz CT molecular complexity index is 843. The van der Waals surface area contributed by atoms with Crippen LogP contribution in [0.4, 0.5) is 5.69 Å². The number of nitrogens with one attached hydrogen (secondary N) is 1. The first-order chi connectivity index (χ1) is 12.6. The van der Waals surface area contributed by atoms with Crippen molar-refractivity contribution in [1.29, 1.82) is 0 Å². The van der Waals surface area contributed by atoms with Crippen molar-refractivity contribution in [3.8, 4) is 11.5 Å². The van der Waals surface area contributed by atoms with Gasteiger partial charge < -0.3 is 15.2 Å². The number of hydrogen-bond donors (Lipinski definition) is 2. The van der Waals surface area contributed by atoms with Crippen molar-refractivity contribution in [2.75, 3.05) is 5.32 Å². The summed E-state index contributed by atoms with van der Waals surface area (Å²) in [7, 11) is 0. The molecule has 1 unspecified atom stereocenters. The smallest absolute Gasteiger partial charge is 0.305 e. The highest BCUT2D eigenvalue weighted by molar-refractivity contribution is 5.69. The summed E-state index contributed by atoms with van der Waals surface area (Å²) in [5, 5.41) is 12.6. The number of hydrogen-bond acceptors (Lipinski definition) is 3. The fourth-order valence-corrected chi connectivity index (χ4v) is 2.67. The summed E-state index contributed by atoms with van der Waals surface area (Å²) in [5.74, 6) is 0.628. The lowest BCUT2D eigenvalue weighted by Crippen LogP contribution is -2.15. The number of carboxylic acid groups (broad SMARTS) is 1. The molecule has 4 nitrogen and oxygen atoms in total. The van der Waals surface area contributed by atoms with Gasteiger partial charge in [-0.1, -0.05) is 48.0 Å². The maximum absolute atomic E-state index is 11.3. The van der Waals surface area contributed by atoms with Gasteiger partial charge in [0.15, 0.2) is 0 Å². The van der Waals surface area contributed by atoms with Crippen molar-refractivity contribution in [3.05, 3.63) is 90.0 Å². The van der Waals surface area contributed by atoms with Crippen molar-refractivity contribution in [2.45, 2.75) is 19.4 Å². The molecule has 0 spiro atoms. The molecule has 0 heterocycles. The number of anilines is 1. The number of benzene rings is 3. The molecule has 0 radical (unpaired) electrons. The van der Waals surface area contributed by atoms with Crippen molar-refractivity contribution >= 4 is 11.7 Å². The summed E-state index contributed by atoms with van der Waals surface area (Å²) >= 11 is 0. The van der Waals surface area contributed by atoms with Gasteiger partial charge in [-0.15, -0.1) is 0 Å². The van der Waals surface area contributed by atoms with Crippen LogP contribution in [0, 0.1) is 6.92 Å². The summed E-state index contributed by atoms with van der Waals surface area (Å²) in [5.41, 5.74) is 2.95. The molecule has 0 saturated carbocycles. The third-order valence-electron chi connectivity index (χ3n) is 4.03. The van der Waals surface area contributed by atoms with Gasteiger partial charge in [0, 0.05) is 5.69 Å². The van der Waals surface area contributed by atoms with Gasteiger partial charge in [0.05, 0.1) is 12.5 Å². The Morgan fingerprint density at radius 2 is 1.54 bits per heavy atom. The predicted molar refractivity (Wildman–Crippen MR) is 103 cm³/mol. The number of carboxylic acids is 1. The van der Waals surface area contributed by atoms with E-state index in [1.54, 1.807) is 0 Å². The quantitative estimate of drug-likeness (QED) is 0.599. The number of aryl methyl sites for hydroxylation is 1. The van der Waals surface area contributed by atoms with Crippen LogP contribution in [0.5, 0.6) is 11.5 Å². The molecule has 0 saturated heterocycles. The molecule has 0 aliphatic heterocycles. The molecule has 3 aromatic carbocycles. The molecule has 0 bridgehead atoms. The highest BCUT2D eigenvalue weighted by Crippen LogP contribution is 2.27. The zero-order chi connectivity index (χ0) is 18.4. The average molecular weight is 347 g/mol. The Labute approximate surface area is 153 Å². The fraction of sp³-hybridized carbons (Fsp3) is 0.136. The molecule has 0 fully saturated rings. The number of rotatable bonds is 7. The summed E-state index contributed by atoms with van der Waals surface area (Å²) < 4.78 is 5.79. The number of para-hydroxylation sites is 1. The van der Waals surface area contributed by atoms with Gasteiger partial charge >= 0.3 is 5.97 Å². The van der Waals surface area contributed by atoms with Gasteiger partial charge in [-0.05, 0) is 48.9 Å². The summed E-state index contributed by atoms with van der Waals surface area (Å²) in [6.45, 7) is 2.02. The van der Waals surface area contributed by atoms with Crippen LogP contribution in [0.1, 0.15) is 23.6 Å². The largest absolute Gasteiger partial charge is 0.481 e. The second kappa shape index (κ2) is 8.21. The van der Waals surface area contributed by atoms with Crippen LogP contribution in [-0.2, 0) is 4.79 Å². The Morgan fingerprint density at radius 1 is 0.923 bits per heavy atom. The Kier molecular flexibility index (Phi) is 5.54. The summed E-state index contributed by atoms with van der Waals surface area (Å²) in [4.78, 5) is 11.3. The topological polar surface area (TPSA) is 58.6 Å². The first-order valence-electron chi connectivity index (χ1n) is 8.48. The van der Waals surface area contributed by atoms with Crippen molar-refractivity contribution < 1.29 is 14.6 Å². The molecule has 3 aromatic rings. The second-order valence-corrected chi connectivity index (χ2v) is 6.14. The van der Waals surface area contributed by atoms with Crippen LogP contribution in [-0.4, -0.2) is 11.1 Å². The van der Waals surface area contributed by atoms with E-state index in [0.717, 1.165) is 22.6 Å². The van der Waals surface area contributed by atoms with E-state index in [1.165, 1.54) is 0 Å². The van der Waals surface area contributed by atoms with Crippen LogP contribution < -0.4 is 10.1 Å². The van der Waals surface area contributed by atoms with E-state index in [9.17, 15) is 9.90 Å². The lowest BCUT2D eigenvalue weighted by Gasteiger charge is -2.19. The van der Waals surface area contributed by atoms with Gasteiger partial charge in [0.2, 0.25) is 0 Å². The third-order valence-corrected chi connectivity index (χ3v) is 4.03. The van der Waals surface area contributed by atoms with E-state index in [2.05, 4.69) is 5.32 Å². The third kappa shape index (κ3) is 4.86. The second-order valence-electron chi connectivity index (χ2n) is 6.14. The van der Waals surface area contributed by atoms with Crippen LogP contribution in [0.3, 0.4) is 0 Å². The number of carbonyl (C=O) groups is 1. The highest BCUT2D eigenvalue weighted by Gasteiger charge is 2.15.